The molecule has 0 rings (SSSR count). The van der Waals surface area contributed by atoms with E-state index in [1.807, 2.05) is 0 Å². The molecule has 0 aliphatic heterocycles. The Kier molecular flexibility index (Phi) is 11.6. The molecule has 0 bridgehead atoms. The van der Waals surface area contributed by atoms with Crippen molar-refractivity contribution >= 4 is 13.8 Å². The molecule has 0 aliphatic carbocycles. The van der Waals surface area contributed by atoms with Gasteiger partial charge in [0.15, 0.2) is 6.10 Å². The molecule has 4 atom stereocenters. The van der Waals surface area contributed by atoms with E-state index in [4.69, 9.17) is 14.5 Å². The van der Waals surface area contributed by atoms with E-state index in [9.17, 15) is 29.8 Å². The van der Waals surface area contributed by atoms with Gasteiger partial charge in [-0.1, -0.05) is 32.6 Å². The largest absolute Gasteiger partial charge is 0.469 e. The predicted octanol–water partition coefficient (Wildman–Crippen LogP) is -0.947. The molecule has 0 spiro atoms. The van der Waals surface area contributed by atoms with Crippen molar-refractivity contribution in [1.82, 2.24) is 0 Å². The zero-order valence-electron chi connectivity index (χ0n) is 13.5. The predicted molar refractivity (Wildman–Crippen MR) is 81.7 cm³/mol. The fraction of sp³-hybridized carbons (Fsp3) is 0.923. The van der Waals surface area contributed by atoms with Gasteiger partial charge in [0.25, 0.3) is 0 Å². The number of aliphatic hydroxyl groups excluding tert-OH is 4. The van der Waals surface area contributed by atoms with Gasteiger partial charge in [-0.2, -0.15) is 0 Å². The molecule has 0 aliphatic rings. The number of rotatable bonds is 13. The van der Waals surface area contributed by atoms with E-state index in [0.29, 0.717) is 6.42 Å². The second-order valence-electron chi connectivity index (χ2n) is 5.36. The highest BCUT2D eigenvalue weighted by Crippen LogP contribution is 2.35. The molecule has 0 amide bonds. The van der Waals surface area contributed by atoms with E-state index in [2.05, 4.69) is 11.4 Å². The van der Waals surface area contributed by atoms with Crippen LogP contribution in [0.2, 0.25) is 0 Å². The summed E-state index contributed by atoms with van der Waals surface area (Å²) in [7, 11) is -4.87. The van der Waals surface area contributed by atoms with Crippen molar-refractivity contribution in [2.75, 3.05) is 13.2 Å². The number of hydrogen-bond acceptors (Lipinski definition) is 8. The summed E-state index contributed by atoms with van der Waals surface area (Å²) in [6.45, 7) is 1.11. The highest BCUT2D eigenvalue weighted by atomic mass is 31.2. The average Bonchev–Trinajstić information content (AvgIpc) is 2.52. The molecular formula is C13H27O10P. The maximum absolute atomic E-state index is 11.5. The first-order valence-corrected chi connectivity index (χ1v) is 9.22. The fourth-order valence-corrected chi connectivity index (χ4v) is 2.14. The smallest absolute Gasteiger partial charge is 0.464 e. The number of carbonyl (C=O) groups is 1. The van der Waals surface area contributed by atoms with Crippen molar-refractivity contribution in [3.05, 3.63) is 0 Å². The van der Waals surface area contributed by atoms with Crippen LogP contribution in [0, 0.1) is 0 Å². The molecule has 0 saturated carbocycles. The van der Waals surface area contributed by atoms with Gasteiger partial charge in [0.2, 0.25) is 0 Å². The summed E-state index contributed by atoms with van der Waals surface area (Å²) in [5, 5.41) is 38.2. The zero-order valence-corrected chi connectivity index (χ0v) is 14.4. The summed E-state index contributed by atoms with van der Waals surface area (Å²) < 4.78 is 19.2. The monoisotopic (exact) mass is 374 g/mol. The van der Waals surface area contributed by atoms with Crippen molar-refractivity contribution in [2.45, 2.75) is 63.4 Å². The Balaban J connectivity index is 4.19. The first-order valence-electron chi connectivity index (χ1n) is 7.69. The second kappa shape index (κ2) is 11.9. The Morgan fingerprint density at radius 3 is 2.12 bits per heavy atom. The van der Waals surface area contributed by atoms with E-state index in [0.717, 1.165) is 25.7 Å². The molecule has 0 saturated heterocycles. The Morgan fingerprint density at radius 1 is 1.00 bits per heavy atom. The van der Waals surface area contributed by atoms with Crippen molar-refractivity contribution in [1.29, 1.82) is 0 Å². The summed E-state index contributed by atoms with van der Waals surface area (Å²) in [5.74, 6) is -1.17. The van der Waals surface area contributed by atoms with Crippen LogP contribution < -0.4 is 0 Å². The van der Waals surface area contributed by atoms with Gasteiger partial charge in [-0.3, -0.25) is 4.52 Å². The van der Waals surface area contributed by atoms with E-state index < -0.39 is 44.8 Å². The standard InChI is InChI=1S/C13H27O10P/c1-2-3-4-5-6-7-22-13(18)12(17)11(16)10(15)9(14)8-23-24(19,20)21/h9-12,14-17H,2-8H2,1H3,(H2,19,20,21)/t9-,10-,11+,12-/m1/s1. The van der Waals surface area contributed by atoms with Gasteiger partial charge in [-0.25, -0.2) is 9.36 Å². The summed E-state index contributed by atoms with van der Waals surface area (Å²) >= 11 is 0. The van der Waals surface area contributed by atoms with Crippen LogP contribution in [-0.4, -0.2) is 73.8 Å². The van der Waals surface area contributed by atoms with Crippen molar-refractivity contribution in [2.24, 2.45) is 0 Å². The lowest BCUT2D eigenvalue weighted by atomic mass is 10.0. The number of ether oxygens (including phenoxy) is 1. The van der Waals surface area contributed by atoms with Crippen LogP contribution in [0.1, 0.15) is 39.0 Å². The molecular weight excluding hydrogens is 347 g/mol. The summed E-state index contributed by atoms with van der Waals surface area (Å²) in [6.07, 6.45) is -3.64. The van der Waals surface area contributed by atoms with Crippen LogP contribution in [0.5, 0.6) is 0 Å². The molecule has 6 N–H and O–H groups in total. The molecule has 144 valence electrons. The maximum Gasteiger partial charge on any atom is 0.469 e. The molecule has 0 aromatic heterocycles. The summed E-state index contributed by atoms with van der Waals surface area (Å²) in [5.41, 5.74) is 0. The average molecular weight is 374 g/mol. The molecule has 0 aromatic rings. The van der Waals surface area contributed by atoms with Crippen molar-refractivity contribution in [3.63, 3.8) is 0 Å². The Hall–Kier alpha value is -0.580. The Bertz CT molecular complexity index is 398. The van der Waals surface area contributed by atoms with Gasteiger partial charge < -0.3 is 34.9 Å². The van der Waals surface area contributed by atoms with Crippen molar-refractivity contribution < 1.29 is 48.8 Å². The van der Waals surface area contributed by atoms with Gasteiger partial charge in [0, 0.05) is 0 Å². The van der Waals surface area contributed by atoms with E-state index in [1.165, 1.54) is 0 Å². The van der Waals surface area contributed by atoms with Gasteiger partial charge in [0.05, 0.1) is 13.2 Å². The number of phosphoric acid groups is 1. The Morgan fingerprint density at radius 2 is 1.58 bits per heavy atom. The van der Waals surface area contributed by atoms with E-state index in [-0.39, 0.29) is 6.61 Å². The number of carbonyl (C=O) groups excluding carboxylic acids is 1. The highest BCUT2D eigenvalue weighted by molar-refractivity contribution is 7.46. The van der Waals surface area contributed by atoms with Gasteiger partial charge in [0.1, 0.15) is 18.3 Å². The summed E-state index contributed by atoms with van der Waals surface area (Å²) in [4.78, 5) is 28.5. The lowest BCUT2D eigenvalue weighted by molar-refractivity contribution is -0.170. The molecule has 0 aromatic carbocycles. The normalized spacial score (nSPS) is 17.1. The molecule has 24 heavy (non-hydrogen) atoms. The van der Waals surface area contributed by atoms with Crippen LogP contribution in [0.15, 0.2) is 0 Å². The third-order valence-corrected chi connectivity index (χ3v) is 3.70. The van der Waals surface area contributed by atoms with E-state index in [1.54, 1.807) is 0 Å². The quantitative estimate of drug-likeness (QED) is 0.134. The van der Waals surface area contributed by atoms with E-state index >= 15 is 0 Å². The molecule has 0 radical (unpaired) electrons. The Labute approximate surface area is 140 Å². The van der Waals surface area contributed by atoms with Gasteiger partial charge in [-0.05, 0) is 6.42 Å². The van der Waals surface area contributed by atoms with Gasteiger partial charge >= 0.3 is 13.8 Å². The molecule has 0 unspecified atom stereocenters. The minimum Gasteiger partial charge on any atom is -0.464 e. The minimum atomic E-state index is -4.87. The molecule has 0 fully saturated rings. The highest BCUT2D eigenvalue weighted by Gasteiger charge is 2.36. The van der Waals surface area contributed by atoms with Crippen LogP contribution in [0.3, 0.4) is 0 Å². The third-order valence-electron chi connectivity index (χ3n) is 3.21. The minimum absolute atomic E-state index is 0.0479. The topological polar surface area (TPSA) is 174 Å². The van der Waals surface area contributed by atoms with Gasteiger partial charge in [-0.15, -0.1) is 0 Å². The number of aliphatic hydroxyl groups is 4. The maximum atomic E-state index is 11.5. The number of esters is 1. The molecule has 11 heteroatoms. The lowest BCUT2D eigenvalue weighted by Crippen LogP contribution is -2.49. The number of phosphoric ester groups is 1. The third kappa shape index (κ3) is 10.3. The van der Waals surface area contributed by atoms with Crippen LogP contribution in [-0.2, 0) is 18.6 Å². The number of hydrogen-bond donors (Lipinski definition) is 6. The number of unbranched alkanes of at least 4 members (excludes halogenated alkanes) is 4. The summed E-state index contributed by atoms with van der Waals surface area (Å²) in [6, 6.07) is 0. The lowest BCUT2D eigenvalue weighted by Gasteiger charge is -2.25. The fourth-order valence-electron chi connectivity index (χ4n) is 1.79. The zero-order chi connectivity index (χ0) is 18.8. The first kappa shape index (κ1) is 23.4. The molecule has 10 nitrogen and oxygen atoms in total. The SMILES string of the molecule is CCCCCCCOC(=O)[C@H](O)[C@@H](O)[C@H](O)[C@H](O)COP(=O)(O)O. The van der Waals surface area contributed by atoms with Crippen LogP contribution in [0.4, 0.5) is 0 Å². The molecule has 0 heterocycles. The van der Waals surface area contributed by atoms with Crippen molar-refractivity contribution in [3.8, 4) is 0 Å². The van der Waals surface area contributed by atoms with Crippen LogP contribution in [0.25, 0.3) is 0 Å². The van der Waals surface area contributed by atoms with Crippen LogP contribution >= 0.6 is 7.82 Å². The first-order chi connectivity index (χ1) is 11.1. The second-order valence-corrected chi connectivity index (χ2v) is 6.60.